The molecule has 6 heteroatoms. The third kappa shape index (κ3) is 4.06. The highest BCUT2D eigenvalue weighted by molar-refractivity contribution is 8.00. The third-order valence-electron chi connectivity index (χ3n) is 4.59. The van der Waals surface area contributed by atoms with Crippen LogP contribution in [-0.2, 0) is 11.3 Å². The SMILES string of the molecule is C[C@H](Sc1nc2ccccc2c(=O)n1Cc1ccccc1)C(=O)NC1CC1. The molecule has 0 bridgehead atoms. The van der Waals surface area contributed by atoms with E-state index in [0.29, 0.717) is 28.6 Å². The van der Waals surface area contributed by atoms with Crippen LogP contribution in [0.3, 0.4) is 0 Å². The fourth-order valence-corrected chi connectivity index (χ4v) is 3.82. The molecule has 2 aromatic carbocycles. The van der Waals surface area contributed by atoms with Gasteiger partial charge in [0, 0.05) is 6.04 Å². The van der Waals surface area contributed by atoms with Crippen molar-refractivity contribution >= 4 is 28.6 Å². The normalized spacial score (nSPS) is 14.9. The van der Waals surface area contributed by atoms with Crippen LogP contribution >= 0.6 is 11.8 Å². The second-order valence-corrected chi connectivity index (χ2v) is 8.14. The summed E-state index contributed by atoms with van der Waals surface area (Å²) in [5, 5.41) is 3.86. The molecule has 1 N–H and O–H groups in total. The molecule has 1 fully saturated rings. The average molecular weight is 379 g/mol. The van der Waals surface area contributed by atoms with E-state index in [1.54, 1.807) is 10.6 Å². The van der Waals surface area contributed by atoms with Crippen molar-refractivity contribution in [3.8, 4) is 0 Å². The number of amides is 1. The minimum atomic E-state index is -0.319. The summed E-state index contributed by atoms with van der Waals surface area (Å²) < 4.78 is 1.67. The lowest BCUT2D eigenvalue weighted by Gasteiger charge is -2.16. The van der Waals surface area contributed by atoms with Crippen LogP contribution in [0.4, 0.5) is 0 Å². The number of thioether (sulfide) groups is 1. The minimum absolute atomic E-state index is 0.00355. The summed E-state index contributed by atoms with van der Waals surface area (Å²) in [6.45, 7) is 2.29. The Kier molecular flexibility index (Phi) is 4.99. The first-order valence-corrected chi connectivity index (χ1v) is 10.0. The molecule has 0 saturated heterocycles. The van der Waals surface area contributed by atoms with Crippen molar-refractivity contribution in [1.82, 2.24) is 14.9 Å². The van der Waals surface area contributed by atoms with Gasteiger partial charge in [0.2, 0.25) is 5.91 Å². The van der Waals surface area contributed by atoms with Crippen molar-refractivity contribution in [3.05, 3.63) is 70.5 Å². The van der Waals surface area contributed by atoms with Crippen molar-refractivity contribution in [2.24, 2.45) is 0 Å². The molecule has 1 aliphatic carbocycles. The lowest BCUT2D eigenvalue weighted by Crippen LogP contribution is -2.33. The van der Waals surface area contributed by atoms with Crippen LogP contribution in [0, 0.1) is 0 Å². The molecular weight excluding hydrogens is 358 g/mol. The molecular formula is C21H21N3O2S. The molecule has 0 spiro atoms. The van der Waals surface area contributed by atoms with Crippen LogP contribution in [0.2, 0.25) is 0 Å². The summed E-state index contributed by atoms with van der Waals surface area (Å²) in [5.41, 5.74) is 1.60. The fraction of sp³-hybridized carbons (Fsp3) is 0.286. The van der Waals surface area contributed by atoms with E-state index < -0.39 is 0 Å². The molecule has 5 nitrogen and oxygen atoms in total. The zero-order valence-electron chi connectivity index (χ0n) is 15.1. The highest BCUT2D eigenvalue weighted by atomic mass is 32.2. The molecule has 1 aromatic heterocycles. The average Bonchev–Trinajstić information content (AvgIpc) is 3.49. The van der Waals surface area contributed by atoms with Crippen LogP contribution in [0.1, 0.15) is 25.3 Å². The second kappa shape index (κ2) is 7.56. The molecule has 3 aromatic rings. The second-order valence-electron chi connectivity index (χ2n) is 6.83. The smallest absolute Gasteiger partial charge is 0.262 e. The highest BCUT2D eigenvalue weighted by Gasteiger charge is 2.27. The molecule has 27 heavy (non-hydrogen) atoms. The molecule has 0 radical (unpaired) electrons. The molecule has 1 aliphatic rings. The number of carbonyl (C=O) groups is 1. The Balaban J connectivity index is 1.71. The molecule has 4 rings (SSSR count). The van der Waals surface area contributed by atoms with Gasteiger partial charge in [-0.05, 0) is 37.5 Å². The lowest BCUT2D eigenvalue weighted by atomic mass is 10.2. The number of nitrogens with zero attached hydrogens (tertiary/aromatic N) is 2. The lowest BCUT2D eigenvalue weighted by molar-refractivity contribution is -0.120. The van der Waals surface area contributed by atoms with Gasteiger partial charge in [-0.3, -0.25) is 14.2 Å². The Labute approximate surface area is 161 Å². The van der Waals surface area contributed by atoms with Gasteiger partial charge in [0.15, 0.2) is 5.16 Å². The summed E-state index contributed by atoms with van der Waals surface area (Å²) >= 11 is 1.34. The number of para-hydroxylation sites is 1. The maximum atomic E-state index is 13.1. The number of benzene rings is 2. The Morgan fingerprint density at radius 1 is 1.19 bits per heavy atom. The van der Waals surface area contributed by atoms with E-state index in [4.69, 9.17) is 4.98 Å². The first-order valence-electron chi connectivity index (χ1n) is 9.12. The number of hydrogen-bond donors (Lipinski definition) is 1. The number of rotatable bonds is 6. The van der Waals surface area contributed by atoms with Crippen molar-refractivity contribution < 1.29 is 4.79 Å². The number of aromatic nitrogens is 2. The zero-order chi connectivity index (χ0) is 18.8. The Bertz CT molecular complexity index is 1030. The van der Waals surface area contributed by atoms with E-state index in [-0.39, 0.29) is 16.7 Å². The van der Waals surface area contributed by atoms with Crippen molar-refractivity contribution in [2.75, 3.05) is 0 Å². The first kappa shape index (κ1) is 17.8. The van der Waals surface area contributed by atoms with E-state index in [1.165, 1.54) is 11.8 Å². The zero-order valence-corrected chi connectivity index (χ0v) is 15.9. The highest BCUT2D eigenvalue weighted by Crippen LogP contribution is 2.25. The Morgan fingerprint density at radius 2 is 1.89 bits per heavy atom. The van der Waals surface area contributed by atoms with Crippen LogP contribution in [-0.4, -0.2) is 26.8 Å². The van der Waals surface area contributed by atoms with Gasteiger partial charge in [0.25, 0.3) is 5.56 Å². The van der Waals surface area contributed by atoms with E-state index in [9.17, 15) is 9.59 Å². The molecule has 0 aliphatic heterocycles. The van der Waals surface area contributed by atoms with Crippen molar-refractivity contribution in [2.45, 2.75) is 42.8 Å². The van der Waals surface area contributed by atoms with E-state index >= 15 is 0 Å². The molecule has 0 unspecified atom stereocenters. The number of hydrogen-bond acceptors (Lipinski definition) is 4. The van der Waals surface area contributed by atoms with Gasteiger partial charge < -0.3 is 5.32 Å². The summed E-state index contributed by atoms with van der Waals surface area (Å²) in [6, 6.07) is 17.5. The van der Waals surface area contributed by atoms with E-state index in [0.717, 1.165) is 18.4 Å². The molecule has 1 saturated carbocycles. The minimum Gasteiger partial charge on any atom is -0.352 e. The molecule has 1 amide bonds. The Hall–Kier alpha value is -2.60. The molecule has 138 valence electrons. The number of carbonyl (C=O) groups excluding carboxylic acids is 1. The van der Waals surface area contributed by atoms with Gasteiger partial charge in [0.1, 0.15) is 0 Å². The topological polar surface area (TPSA) is 64.0 Å². The molecule has 1 atom stereocenters. The van der Waals surface area contributed by atoms with Crippen LogP contribution < -0.4 is 10.9 Å². The maximum absolute atomic E-state index is 13.1. The van der Waals surface area contributed by atoms with Gasteiger partial charge in [-0.2, -0.15) is 0 Å². The van der Waals surface area contributed by atoms with Gasteiger partial charge in [0.05, 0.1) is 22.7 Å². The van der Waals surface area contributed by atoms with E-state index in [2.05, 4.69) is 5.32 Å². The number of nitrogens with one attached hydrogen (secondary N) is 1. The molecule has 1 heterocycles. The summed E-state index contributed by atoms with van der Waals surface area (Å²) in [5.74, 6) is -0.00355. The standard InChI is InChI=1S/C21H21N3O2S/c1-14(19(25)22-16-11-12-16)27-21-23-18-10-6-5-9-17(18)20(26)24(21)13-15-7-3-2-4-8-15/h2-10,14,16H,11-13H2,1H3,(H,22,25)/t14-/m0/s1. The number of fused-ring (bicyclic) bond motifs is 1. The third-order valence-corrected chi connectivity index (χ3v) is 5.68. The summed E-state index contributed by atoms with van der Waals surface area (Å²) in [4.78, 5) is 30.2. The van der Waals surface area contributed by atoms with Gasteiger partial charge in [-0.15, -0.1) is 0 Å². The van der Waals surface area contributed by atoms with E-state index in [1.807, 2.05) is 55.5 Å². The van der Waals surface area contributed by atoms with Crippen molar-refractivity contribution in [1.29, 1.82) is 0 Å². The monoisotopic (exact) mass is 379 g/mol. The maximum Gasteiger partial charge on any atom is 0.262 e. The largest absolute Gasteiger partial charge is 0.352 e. The predicted octanol–water partition coefficient (Wildman–Crippen LogP) is 3.20. The summed E-state index contributed by atoms with van der Waals surface area (Å²) in [6.07, 6.45) is 2.10. The van der Waals surface area contributed by atoms with Gasteiger partial charge in [-0.1, -0.05) is 54.2 Å². The van der Waals surface area contributed by atoms with Gasteiger partial charge >= 0.3 is 0 Å². The summed E-state index contributed by atoms with van der Waals surface area (Å²) in [7, 11) is 0. The van der Waals surface area contributed by atoms with Crippen LogP contribution in [0.15, 0.2) is 64.5 Å². The van der Waals surface area contributed by atoms with Crippen LogP contribution in [0.25, 0.3) is 10.9 Å². The predicted molar refractivity (Wildman–Crippen MR) is 108 cm³/mol. The Morgan fingerprint density at radius 3 is 2.63 bits per heavy atom. The quantitative estimate of drug-likeness (QED) is 0.528. The fourth-order valence-electron chi connectivity index (χ4n) is 2.90. The van der Waals surface area contributed by atoms with Gasteiger partial charge in [-0.25, -0.2) is 4.98 Å². The first-order chi connectivity index (χ1) is 13.1. The van der Waals surface area contributed by atoms with Crippen LogP contribution in [0.5, 0.6) is 0 Å². The van der Waals surface area contributed by atoms with Crippen molar-refractivity contribution in [3.63, 3.8) is 0 Å².